The summed E-state index contributed by atoms with van der Waals surface area (Å²) in [7, 11) is 0. The molecule has 2 N–H and O–H groups in total. The van der Waals surface area contributed by atoms with E-state index in [0.29, 0.717) is 0 Å². The lowest BCUT2D eigenvalue weighted by Crippen LogP contribution is -2.13. The Balaban J connectivity index is 0.000000357. The molecule has 0 aliphatic heterocycles. The molecule has 0 aromatic rings. The van der Waals surface area contributed by atoms with E-state index < -0.39 is 6.16 Å². The smallest absolute Gasteiger partial charge is 0.450 e. The Kier molecular flexibility index (Phi) is 7.86. The third kappa shape index (κ3) is 6.87. The van der Waals surface area contributed by atoms with Crippen molar-refractivity contribution in [3.05, 3.63) is 0 Å². The minimum absolute atomic E-state index is 1.12. The van der Waals surface area contributed by atoms with Crippen LogP contribution < -0.4 is 0 Å². The van der Waals surface area contributed by atoms with Crippen molar-refractivity contribution in [2.75, 3.05) is 0 Å². The van der Waals surface area contributed by atoms with Crippen LogP contribution in [0, 0.1) is 11.8 Å². The molecule has 2 aliphatic rings. The van der Waals surface area contributed by atoms with Gasteiger partial charge in [-0.25, -0.2) is 4.79 Å². The minimum atomic E-state index is -1.83. The van der Waals surface area contributed by atoms with Crippen molar-refractivity contribution in [2.45, 2.75) is 77.0 Å². The third-order valence-corrected chi connectivity index (χ3v) is 4.47. The molecule has 2 rings (SSSR count). The van der Waals surface area contributed by atoms with Gasteiger partial charge in [-0.2, -0.15) is 0 Å². The van der Waals surface area contributed by atoms with Gasteiger partial charge in [0.25, 0.3) is 0 Å². The molecule has 0 amide bonds. The summed E-state index contributed by atoms with van der Waals surface area (Å²) in [6.45, 7) is 0. The Morgan fingerprint density at radius 3 is 1.06 bits per heavy atom. The monoisotopic (exact) mass is 256 g/mol. The highest BCUT2D eigenvalue weighted by atomic mass is 16.6. The van der Waals surface area contributed by atoms with Gasteiger partial charge < -0.3 is 10.2 Å². The zero-order chi connectivity index (χ0) is 13.2. The Morgan fingerprint density at radius 1 is 0.611 bits per heavy atom. The van der Waals surface area contributed by atoms with Crippen molar-refractivity contribution in [1.29, 1.82) is 0 Å². The Morgan fingerprint density at radius 2 is 0.833 bits per heavy atom. The van der Waals surface area contributed by atoms with Crippen molar-refractivity contribution in [1.82, 2.24) is 0 Å². The Bertz CT molecular complexity index is 190. The van der Waals surface area contributed by atoms with E-state index in [-0.39, 0.29) is 0 Å². The standard InChI is InChI=1S/C14H26.CH2O3/c1-2-6-10-13(9-5-1)14-11-7-3-4-8-12-14;2-1(3)4/h13-14H,1-12H2;(H2,2,3,4). The molecular formula is C15H28O3. The van der Waals surface area contributed by atoms with Crippen molar-refractivity contribution in [2.24, 2.45) is 11.8 Å². The average Bonchev–Trinajstić information content (AvgIpc) is 2.73. The van der Waals surface area contributed by atoms with Crippen molar-refractivity contribution >= 4 is 6.16 Å². The maximum atomic E-state index is 8.56. The van der Waals surface area contributed by atoms with Crippen LogP contribution >= 0.6 is 0 Å². The highest BCUT2D eigenvalue weighted by Crippen LogP contribution is 2.36. The molecule has 0 bridgehead atoms. The lowest BCUT2D eigenvalue weighted by atomic mass is 9.81. The first kappa shape index (κ1) is 15.3. The van der Waals surface area contributed by atoms with Gasteiger partial charge in [-0.05, 0) is 11.8 Å². The molecule has 18 heavy (non-hydrogen) atoms. The maximum absolute atomic E-state index is 8.56. The van der Waals surface area contributed by atoms with Crippen LogP contribution in [0.15, 0.2) is 0 Å². The highest BCUT2D eigenvalue weighted by molar-refractivity contribution is 5.53. The van der Waals surface area contributed by atoms with E-state index >= 15 is 0 Å². The van der Waals surface area contributed by atoms with Crippen LogP contribution in [-0.4, -0.2) is 16.4 Å². The first-order valence-corrected chi connectivity index (χ1v) is 7.62. The van der Waals surface area contributed by atoms with Gasteiger partial charge in [-0.3, -0.25) is 0 Å². The lowest BCUT2D eigenvalue weighted by molar-refractivity contribution is 0.137. The quantitative estimate of drug-likeness (QED) is 0.638. The van der Waals surface area contributed by atoms with E-state index in [0.717, 1.165) is 11.8 Å². The van der Waals surface area contributed by atoms with E-state index in [9.17, 15) is 0 Å². The first-order valence-electron chi connectivity index (χ1n) is 7.62. The molecular weight excluding hydrogens is 228 g/mol. The summed E-state index contributed by atoms with van der Waals surface area (Å²) in [6.07, 6.45) is 16.6. The third-order valence-electron chi connectivity index (χ3n) is 4.47. The van der Waals surface area contributed by atoms with E-state index in [2.05, 4.69) is 0 Å². The summed E-state index contributed by atoms with van der Waals surface area (Å²) in [5.41, 5.74) is 0. The summed E-state index contributed by atoms with van der Waals surface area (Å²) < 4.78 is 0. The molecule has 0 aromatic heterocycles. The van der Waals surface area contributed by atoms with Gasteiger partial charge in [0.15, 0.2) is 0 Å². The van der Waals surface area contributed by atoms with Gasteiger partial charge in [0.05, 0.1) is 0 Å². The minimum Gasteiger partial charge on any atom is -0.450 e. The SMILES string of the molecule is C1CCCC(C2CCCCCC2)CC1.O=C(O)O. The molecule has 2 saturated carbocycles. The fourth-order valence-corrected chi connectivity index (χ4v) is 3.56. The first-order chi connectivity index (χ1) is 8.70. The van der Waals surface area contributed by atoms with Crippen LogP contribution in [0.5, 0.6) is 0 Å². The van der Waals surface area contributed by atoms with Crippen LogP contribution in [0.25, 0.3) is 0 Å². The van der Waals surface area contributed by atoms with Crippen LogP contribution in [-0.2, 0) is 0 Å². The molecule has 0 unspecified atom stereocenters. The predicted octanol–water partition coefficient (Wildman–Crippen LogP) is 5.15. The average molecular weight is 256 g/mol. The van der Waals surface area contributed by atoms with Gasteiger partial charge in [-0.1, -0.05) is 77.0 Å². The van der Waals surface area contributed by atoms with Crippen LogP contribution in [0.3, 0.4) is 0 Å². The fraction of sp³-hybridized carbons (Fsp3) is 0.933. The number of hydrogen-bond acceptors (Lipinski definition) is 1. The number of hydrogen-bond donors (Lipinski definition) is 2. The molecule has 3 nitrogen and oxygen atoms in total. The summed E-state index contributed by atoms with van der Waals surface area (Å²) >= 11 is 0. The van der Waals surface area contributed by atoms with Crippen LogP contribution in [0.2, 0.25) is 0 Å². The number of carboxylic acid groups (broad SMARTS) is 2. The number of carbonyl (C=O) groups is 1. The van der Waals surface area contributed by atoms with E-state index in [4.69, 9.17) is 15.0 Å². The molecule has 0 heterocycles. The topological polar surface area (TPSA) is 57.5 Å². The Labute approximate surface area is 111 Å². The van der Waals surface area contributed by atoms with Gasteiger partial charge in [0.1, 0.15) is 0 Å². The molecule has 2 aliphatic carbocycles. The molecule has 0 radical (unpaired) electrons. The predicted molar refractivity (Wildman–Crippen MR) is 73.0 cm³/mol. The van der Waals surface area contributed by atoms with Gasteiger partial charge in [0, 0.05) is 0 Å². The Hall–Kier alpha value is -0.730. The highest BCUT2D eigenvalue weighted by Gasteiger charge is 2.23. The van der Waals surface area contributed by atoms with Crippen LogP contribution in [0.4, 0.5) is 4.79 Å². The molecule has 0 spiro atoms. The van der Waals surface area contributed by atoms with E-state index in [1.165, 1.54) is 51.4 Å². The van der Waals surface area contributed by atoms with Crippen molar-refractivity contribution < 1.29 is 15.0 Å². The van der Waals surface area contributed by atoms with Gasteiger partial charge >= 0.3 is 6.16 Å². The second kappa shape index (κ2) is 9.23. The second-order valence-electron chi connectivity index (χ2n) is 5.79. The largest absolute Gasteiger partial charge is 0.503 e. The summed E-state index contributed by atoms with van der Waals surface area (Å²) in [4.78, 5) is 8.56. The molecule has 106 valence electrons. The molecule has 3 heteroatoms. The van der Waals surface area contributed by atoms with Gasteiger partial charge in [-0.15, -0.1) is 0 Å². The normalized spacial score (nSPS) is 23.3. The van der Waals surface area contributed by atoms with E-state index in [1.54, 1.807) is 25.7 Å². The van der Waals surface area contributed by atoms with Crippen molar-refractivity contribution in [3.63, 3.8) is 0 Å². The molecule has 2 fully saturated rings. The summed E-state index contributed by atoms with van der Waals surface area (Å²) in [5.74, 6) is 2.24. The molecule has 0 atom stereocenters. The van der Waals surface area contributed by atoms with Crippen molar-refractivity contribution in [3.8, 4) is 0 Å². The van der Waals surface area contributed by atoms with E-state index in [1.807, 2.05) is 0 Å². The zero-order valence-corrected chi connectivity index (χ0v) is 11.4. The van der Waals surface area contributed by atoms with Gasteiger partial charge in [0.2, 0.25) is 0 Å². The fourth-order valence-electron chi connectivity index (χ4n) is 3.56. The zero-order valence-electron chi connectivity index (χ0n) is 11.4. The van der Waals surface area contributed by atoms with Crippen LogP contribution in [0.1, 0.15) is 77.0 Å². The second-order valence-corrected chi connectivity index (χ2v) is 5.79. The molecule has 0 saturated heterocycles. The number of rotatable bonds is 1. The lowest BCUT2D eigenvalue weighted by Gasteiger charge is -2.24. The summed E-state index contributed by atoms with van der Waals surface area (Å²) in [6, 6.07) is 0. The summed E-state index contributed by atoms with van der Waals surface area (Å²) in [5, 5.41) is 13.9. The molecule has 0 aromatic carbocycles. The maximum Gasteiger partial charge on any atom is 0.503 e.